The zero-order valence-electron chi connectivity index (χ0n) is 14.9. The van der Waals surface area contributed by atoms with Gasteiger partial charge in [0, 0.05) is 37.6 Å². The van der Waals surface area contributed by atoms with E-state index in [2.05, 4.69) is 32.2 Å². The highest BCUT2D eigenvalue weighted by Gasteiger charge is 2.23. The highest BCUT2D eigenvalue weighted by atomic mass is 32.1. The molecule has 0 fully saturated rings. The largest absolute Gasteiger partial charge is 0.440 e. The summed E-state index contributed by atoms with van der Waals surface area (Å²) in [5, 5.41) is 7.58. The summed E-state index contributed by atoms with van der Waals surface area (Å²) in [7, 11) is 1.82. The number of aryl methyl sites for hydroxylation is 2. The molecule has 0 aliphatic carbocycles. The predicted molar refractivity (Wildman–Crippen MR) is 98.2 cm³/mol. The first kappa shape index (κ1) is 16.9. The van der Waals surface area contributed by atoms with E-state index >= 15 is 0 Å². The number of amides is 1. The lowest BCUT2D eigenvalue weighted by atomic mass is 10.2. The second-order valence-corrected chi connectivity index (χ2v) is 7.37. The van der Waals surface area contributed by atoms with Crippen molar-refractivity contribution in [2.75, 3.05) is 18.4 Å². The van der Waals surface area contributed by atoms with Gasteiger partial charge < -0.3 is 4.42 Å². The van der Waals surface area contributed by atoms with Crippen LogP contribution < -0.4 is 5.32 Å². The molecule has 0 aromatic carbocycles. The van der Waals surface area contributed by atoms with Gasteiger partial charge in [-0.3, -0.25) is 19.7 Å². The standard InChI is InChI=1S/C17H20N6O2S/c1-4-23-6-5-12-13(9-23)26-17(19-12)21-15(24)14-10(2)25-16(20-14)11-7-18-22(3)8-11/h7-8H,4-6,9H2,1-3H3,(H,19,21,24). The molecule has 0 atom stereocenters. The van der Waals surface area contributed by atoms with Gasteiger partial charge in [-0.15, -0.1) is 11.3 Å². The smallest absolute Gasteiger partial charge is 0.279 e. The van der Waals surface area contributed by atoms with Gasteiger partial charge in [-0.25, -0.2) is 9.97 Å². The second kappa shape index (κ2) is 6.65. The van der Waals surface area contributed by atoms with Crippen molar-refractivity contribution in [3.8, 4) is 11.5 Å². The average molecular weight is 372 g/mol. The molecule has 0 saturated heterocycles. The van der Waals surface area contributed by atoms with Crippen LogP contribution in [-0.4, -0.2) is 43.6 Å². The van der Waals surface area contributed by atoms with Crippen molar-refractivity contribution in [1.29, 1.82) is 0 Å². The molecule has 8 nitrogen and oxygen atoms in total. The number of nitrogens with zero attached hydrogens (tertiary/aromatic N) is 5. The van der Waals surface area contributed by atoms with Gasteiger partial charge in [-0.1, -0.05) is 6.92 Å². The van der Waals surface area contributed by atoms with E-state index in [1.54, 1.807) is 24.0 Å². The molecule has 9 heteroatoms. The zero-order chi connectivity index (χ0) is 18.3. The number of carbonyl (C=O) groups is 1. The van der Waals surface area contributed by atoms with Crippen LogP contribution in [0, 0.1) is 6.92 Å². The molecule has 136 valence electrons. The van der Waals surface area contributed by atoms with Crippen molar-refractivity contribution in [1.82, 2.24) is 24.6 Å². The van der Waals surface area contributed by atoms with Gasteiger partial charge in [0.15, 0.2) is 10.8 Å². The minimum absolute atomic E-state index is 0.271. The Kier molecular flexibility index (Phi) is 4.33. The third-order valence-corrected chi connectivity index (χ3v) is 5.44. The Hall–Kier alpha value is -2.52. The normalized spacial score (nSPS) is 14.4. The number of hydrogen-bond donors (Lipinski definition) is 1. The fourth-order valence-electron chi connectivity index (χ4n) is 2.99. The van der Waals surface area contributed by atoms with E-state index in [-0.39, 0.29) is 11.6 Å². The van der Waals surface area contributed by atoms with Crippen molar-refractivity contribution < 1.29 is 9.21 Å². The number of thiazole rings is 1. The van der Waals surface area contributed by atoms with E-state index in [1.165, 1.54) is 16.2 Å². The molecule has 0 bridgehead atoms. The van der Waals surface area contributed by atoms with Gasteiger partial charge in [0.1, 0.15) is 5.76 Å². The maximum Gasteiger partial charge on any atom is 0.279 e. The Balaban J connectivity index is 1.52. The lowest BCUT2D eigenvalue weighted by molar-refractivity contribution is 0.102. The van der Waals surface area contributed by atoms with Crippen molar-refractivity contribution in [3.05, 3.63) is 34.4 Å². The lowest BCUT2D eigenvalue weighted by Gasteiger charge is -2.23. The van der Waals surface area contributed by atoms with E-state index in [0.717, 1.165) is 37.3 Å². The Morgan fingerprint density at radius 3 is 3.00 bits per heavy atom. The molecule has 0 spiro atoms. The van der Waals surface area contributed by atoms with Gasteiger partial charge in [0.05, 0.1) is 17.5 Å². The molecule has 0 radical (unpaired) electrons. The van der Waals surface area contributed by atoms with Gasteiger partial charge in [0.25, 0.3) is 5.91 Å². The van der Waals surface area contributed by atoms with Crippen LogP contribution in [0.3, 0.4) is 0 Å². The topological polar surface area (TPSA) is 89.1 Å². The predicted octanol–water partition coefficient (Wildman–Crippen LogP) is 2.47. The highest BCUT2D eigenvalue weighted by molar-refractivity contribution is 7.15. The number of fused-ring (bicyclic) bond motifs is 1. The van der Waals surface area contributed by atoms with Gasteiger partial charge in [0.2, 0.25) is 5.89 Å². The first-order valence-electron chi connectivity index (χ1n) is 8.52. The van der Waals surface area contributed by atoms with Crippen LogP contribution in [0.5, 0.6) is 0 Å². The first-order chi connectivity index (χ1) is 12.5. The highest BCUT2D eigenvalue weighted by Crippen LogP contribution is 2.29. The molecule has 4 rings (SSSR count). The van der Waals surface area contributed by atoms with Crippen molar-refractivity contribution >= 4 is 22.4 Å². The second-order valence-electron chi connectivity index (χ2n) is 6.29. The van der Waals surface area contributed by atoms with Gasteiger partial charge in [-0.05, 0) is 13.5 Å². The molecule has 3 aromatic rings. The van der Waals surface area contributed by atoms with E-state index in [4.69, 9.17) is 4.42 Å². The quantitative estimate of drug-likeness (QED) is 0.757. The van der Waals surface area contributed by atoms with Crippen LogP contribution in [0.25, 0.3) is 11.5 Å². The number of oxazole rings is 1. The number of hydrogen-bond acceptors (Lipinski definition) is 7. The SMILES string of the molecule is CCN1CCc2nc(NC(=O)c3nc(-c4cnn(C)c4)oc3C)sc2C1. The van der Waals surface area contributed by atoms with Crippen LogP contribution in [0.2, 0.25) is 0 Å². The van der Waals surface area contributed by atoms with Crippen LogP contribution >= 0.6 is 11.3 Å². The molecular weight excluding hydrogens is 352 g/mol. The molecule has 1 N–H and O–H groups in total. The average Bonchev–Trinajstić information content (AvgIpc) is 3.31. The summed E-state index contributed by atoms with van der Waals surface area (Å²) in [6.07, 6.45) is 4.37. The van der Waals surface area contributed by atoms with Crippen LogP contribution in [0.15, 0.2) is 16.8 Å². The van der Waals surface area contributed by atoms with Crippen molar-refractivity contribution in [2.24, 2.45) is 7.05 Å². The fraction of sp³-hybridized carbons (Fsp3) is 0.412. The minimum atomic E-state index is -0.306. The van der Waals surface area contributed by atoms with Crippen LogP contribution in [0.1, 0.15) is 33.7 Å². The monoisotopic (exact) mass is 372 g/mol. The molecule has 0 saturated carbocycles. The summed E-state index contributed by atoms with van der Waals surface area (Å²) in [6.45, 7) is 6.81. The van der Waals surface area contributed by atoms with Gasteiger partial charge in [-0.2, -0.15) is 5.10 Å². The van der Waals surface area contributed by atoms with Crippen LogP contribution in [-0.2, 0) is 20.0 Å². The lowest BCUT2D eigenvalue weighted by Crippen LogP contribution is -2.29. The number of carbonyl (C=O) groups excluding carboxylic acids is 1. The molecule has 3 aromatic heterocycles. The van der Waals surface area contributed by atoms with E-state index in [0.29, 0.717) is 16.8 Å². The molecule has 1 aliphatic rings. The van der Waals surface area contributed by atoms with Gasteiger partial charge >= 0.3 is 0 Å². The zero-order valence-corrected chi connectivity index (χ0v) is 15.8. The summed E-state index contributed by atoms with van der Waals surface area (Å²) >= 11 is 1.53. The van der Waals surface area contributed by atoms with Crippen LogP contribution in [0.4, 0.5) is 5.13 Å². The number of anilines is 1. The Morgan fingerprint density at radius 2 is 2.27 bits per heavy atom. The number of likely N-dealkylation sites (N-methyl/N-ethyl adjacent to an activating group) is 1. The molecule has 4 heterocycles. The van der Waals surface area contributed by atoms with E-state index in [9.17, 15) is 4.79 Å². The molecule has 26 heavy (non-hydrogen) atoms. The van der Waals surface area contributed by atoms with Crippen molar-refractivity contribution in [3.63, 3.8) is 0 Å². The molecule has 1 amide bonds. The van der Waals surface area contributed by atoms with Crippen molar-refractivity contribution in [2.45, 2.75) is 26.8 Å². The first-order valence-corrected chi connectivity index (χ1v) is 9.34. The number of aromatic nitrogens is 4. The Labute approximate surface area is 154 Å². The summed E-state index contributed by atoms with van der Waals surface area (Å²) in [5.74, 6) is 0.553. The Bertz CT molecular complexity index is 957. The summed E-state index contributed by atoms with van der Waals surface area (Å²) in [4.78, 5) is 25.1. The minimum Gasteiger partial charge on any atom is -0.440 e. The summed E-state index contributed by atoms with van der Waals surface area (Å²) in [5.41, 5.74) is 2.09. The maximum atomic E-state index is 12.6. The summed E-state index contributed by atoms with van der Waals surface area (Å²) in [6, 6.07) is 0. The Morgan fingerprint density at radius 1 is 1.42 bits per heavy atom. The van der Waals surface area contributed by atoms with E-state index in [1.807, 2.05) is 7.05 Å². The number of rotatable bonds is 4. The van der Waals surface area contributed by atoms with E-state index < -0.39 is 0 Å². The summed E-state index contributed by atoms with van der Waals surface area (Å²) < 4.78 is 7.29. The third kappa shape index (κ3) is 3.15. The number of nitrogens with one attached hydrogen (secondary N) is 1. The molecule has 0 unspecified atom stereocenters. The molecular formula is C17H20N6O2S. The molecule has 1 aliphatic heterocycles. The maximum absolute atomic E-state index is 12.6. The third-order valence-electron chi connectivity index (χ3n) is 4.44. The fourth-order valence-corrected chi connectivity index (χ4v) is 4.04.